The van der Waals surface area contributed by atoms with E-state index < -0.39 is 52.7 Å². The average molecular weight is 568 g/mol. The van der Waals surface area contributed by atoms with Crippen molar-refractivity contribution < 1.29 is 45.8 Å². The molecule has 0 radical (unpaired) electrons. The van der Waals surface area contributed by atoms with Crippen LogP contribution < -0.4 is 15.4 Å². The number of aromatic nitrogens is 2. The van der Waals surface area contributed by atoms with E-state index in [0.29, 0.717) is 18.0 Å². The van der Waals surface area contributed by atoms with Crippen LogP contribution in [0.2, 0.25) is 0 Å². The van der Waals surface area contributed by atoms with Crippen molar-refractivity contribution in [1.29, 1.82) is 0 Å². The number of benzene rings is 1. The Morgan fingerprint density at radius 2 is 1.75 bits per heavy atom. The van der Waals surface area contributed by atoms with Gasteiger partial charge in [0.25, 0.3) is 5.91 Å². The summed E-state index contributed by atoms with van der Waals surface area (Å²) in [6.45, 7) is 1.24. The van der Waals surface area contributed by atoms with Gasteiger partial charge in [0, 0.05) is 12.4 Å². The Morgan fingerprint density at radius 3 is 2.33 bits per heavy atom. The SMILES string of the molecule is CC(O)c1ccc(Oc2ccc(CNC(=O)C3(NC(=O)c4cncc(C(F)(F)F)c4)CC3)nc2)c(C(F)(F)F)c1. The minimum atomic E-state index is -4.73. The zero-order chi connectivity index (χ0) is 29.3. The predicted molar refractivity (Wildman–Crippen MR) is 127 cm³/mol. The fraction of sp³-hybridized carbons (Fsp3) is 0.308. The lowest BCUT2D eigenvalue weighted by molar-refractivity contribution is -0.139. The molecule has 4 rings (SSSR count). The van der Waals surface area contributed by atoms with Gasteiger partial charge >= 0.3 is 12.4 Å². The summed E-state index contributed by atoms with van der Waals surface area (Å²) in [5.74, 6) is -1.95. The molecule has 0 aliphatic heterocycles. The van der Waals surface area contributed by atoms with Gasteiger partial charge in [-0.3, -0.25) is 19.6 Å². The first-order valence-electron chi connectivity index (χ1n) is 11.8. The summed E-state index contributed by atoms with van der Waals surface area (Å²) in [5, 5.41) is 14.6. The molecule has 40 heavy (non-hydrogen) atoms. The first-order chi connectivity index (χ1) is 18.7. The lowest BCUT2D eigenvalue weighted by Crippen LogP contribution is -2.48. The molecule has 2 heterocycles. The van der Waals surface area contributed by atoms with E-state index in [1.54, 1.807) is 0 Å². The highest BCUT2D eigenvalue weighted by Gasteiger charge is 2.51. The maximum absolute atomic E-state index is 13.5. The Kier molecular flexibility index (Phi) is 7.74. The molecule has 1 aromatic carbocycles. The van der Waals surface area contributed by atoms with Gasteiger partial charge < -0.3 is 20.5 Å². The van der Waals surface area contributed by atoms with Crippen molar-refractivity contribution in [3.63, 3.8) is 0 Å². The van der Waals surface area contributed by atoms with Crippen LogP contribution in [0.4, 0.5) is 26.3 Å². The molecule has 1 unspecified atom stereocenters. The zero-order valence-corrected chi connectivity index (χ0v) is 20.7. The first kappa shape index (κ1) is 28.8. The van der Waals surface area contributed by atoms with Gasteiger partial charge in [-0.05, 0) is 55.7 Å². The monoisotopic (exact) mass is 568 g/mol. The second kappa shape index (κ2) is 10.8. The molecule has 3 N–H and O–H groups in total. The number of hydrogen-bond acceptors (Lipinski definition) is 6. The number of hydrogen-bond donors (Lipinski definition) is 3. The Balaban J connectivity index is 1.36. The number of halogens is 6. The van der Waals surface area contributed by atoms with Crippen LogP contribution in [0.5, 0.6) is 11.5 Å². The number of carbonyl (C=O) groups is 2. The number of aliphatic hydroxyl groups excluding tert-OH is 1. The fourth-order valence-electron chi connectivity index (χ4n) is 3.70. The Morgan fingerprint density at radius 1 is 1.02 bits per heavy atom. The number of rotatable bonds is 8. The third-order valence-electron chi connectivity index (χ3n) is 6.11. The summed E-state index contributed by atoms with van der Waals surface area (Å²) in [6, 6.07) is 6.61. The van der Waals surface area contributed by atoms with E-state index >= 15 is 0 Å². The van der Waals surface area contributed by atoms with Crippen LogP contribution >= 0.6 is 0 Å². The molecule has 14 heteroatoms. The number of amides is 2. The number of pyridine rings is 2. The van der Waals surface area contributed by atoms with Crippen molar-refractivity contribution in [3.05, 3.63) is 82.9 Å². The third-order valence-corrected chi connectivity index (χ3v) is 6.11. The molecular weight excluding hydrogens is 546 g/mol. The summed E-state index contributed by atoms with van der Waals surface area (Å²) >= 11 is 0. The summed E-state index contributed by atoms with van der Waals surface area (Å²) in [7, 11) is 0. The minimum absolute atomic E-state index is 0.00834. The van der Waals surface area contributed by atoms with E-state index in [1.807, 2.05) is 0 Å². The standard InChI is InChI=1S/C26H22F6N4O4/c1-14(37)15-2-5-21(20(9-15)26(30,31)32)40-19-4-3-18(34-13-19)12-35-23(39)24(6-7-24)36-22(38)16-8-17(11-33-10-16)25(27,28)29/h2-5,8-11,13-14,37H,6-7,12H2,1H3,(H,35,39)(H,36,38). The highest BCUT2D eigenvalue weighted by atomic mass is 19.4. The highest BCUT2D eigenvalue weighted by molar-refractivity contribution is 6.00. The van der Waals surface area contributed by atoms with Crippen LogP contribution in [-0.2, 0) is 23.7 Å². The molecule has 0 saturated heterocycles. The van der Waals surface area contributed by atoms with E-state index in [0.717, 1.165) is 18.3 Å². The van der Waals surface area contributed by atoms with Gasteiger partial charge in [0.1, 0.15) is 17.0 Å². The molecule has 2 aromatic heterocycles. The number of ether oxygens (including phenoxy) is 1. The molecule has 1 aliphatic carbocycles. The van der Waals surface area contributed by atoms with Gasteiger partial charge in [-0.15, -0.1) is 0 Å². The molecule has 0 bridgehead atoms. The van der Waals surface area contributed by atoms with Gasteiger partial charge in [0.15, 0.2) is 0 Å². The summed E-state index contributed by atoms with van der Waals surface area (Å²) < 4.78 is 84.5. The number of nitrogens with one attached hydrogen (secondary N) is 2. The lowest BCUT2D eigenvalue weighted by atomic mass is 10.1. The van der Waals surface area contributed by atoms with Gasteiger partial charge in [-0.2, -0.15) is 26.3 Å². The average Bonchev–Trinajstić information content (AvgIpc) is 3.67. The predicted octanol–water partition coefficient (Wildman–Crippen LogP) is 4.94. The topological polar surface area (TPSA) is 113 Å². The van der Waals surface area contributed by atoms with Crippen LogP contribution in [0.3, 0.4) is 0 Å². The van der Waals surface area contributed by atoms with E-state index in [2.05, 4.69) is 20.6 Å². The number of alkyl halides is 6. The number of carbonyl (C=O) groups excluding carboxylic acids is 2. The van der Waals surface area contributed by atoms with Gasteiger partial charge in [-0.25, -0.2) is 0 Å². The highest BCUT2D eigenvalue weighted by Crippen LogP contribution is 2.40. The van der Waals surface area contributed by atoms with E-state index in [-0.39, 0.29) is 36.3 Å². The zero-order valence-electron chi connectivity index (χ0n) is 20.7. The number of nitrogens with zero attached hydrogens (tertiary/aromatic N) is 2. The van der Waals surface area contributed by atoms with E-state index in [1.165, 1.54) is 31.3 Å². The molecular formula is C26H22F6N4O4. The fourth-order valence-corrected chi connectivity index (χ4v) is 3.70. The molecule has 1 fully saturated rings. The third kappa shape index (κ3) is 6.68. The van der Waals surface area contributed by atoms with Crippen molar-refractivity contribution in [1.82, 2.24) is 20.6 Å². The number of aliphatic hydroxyl groups is 1. The first-order valence-corrected chi connectivity index (χ1v) is 11.8. The van der Waals surface area contributed by atoms with E-state index in [9.17, 15) is 41.0 Å². The van der Waals surface area contributed by atoms with Crippen molar-refractivity contribution >= 4 is 11.8 Å². The molecule has 212 valence electrons. The van der Waals surface area contributed by atoms with Gasteiger partial charge in [0.2, 0.25) is 5.91 Å². The van der Waals surface area contributed by atoms with Crippen LogP contribution in [0.1, 0.15) is 58.6 Å². The molecule has 3 aromatic rings. The van der Waals surface area contributed by atoms with Crippen molar-refractivity contribution in [2.45, 2.75) is 50.3 Å². The van der Waals surface area contributed by atoms with Crippen molar-refractivity contribution in [2.75, 3.05) is 0 Å². The summed E-state index contributed by atoms with van der Waals surface area (Å²) in [5.41, 5.74) is -3.41. The van der Waals surface area contributed by atoms with Crippen LogP contribution in [-0.4, -0.2) is 32.4 Å². The molecule has 2 amide bonds. The largest absolute Gasteiger partial charge is 0.455 e. The van der Waals surface area contributed by atoms with Crippen LogP contribution in [0, 0.1) is 0 Å². The quantitative estimate of drug-likeness (QED) is 0.332. The Bertz CT molecular complexity index is 1400. The van der Waals surface area contributed by atoms with E-state index in [4.69, 9.17) is 4.74 Å². The Labute approximate surface area is 223 Å². The lowest BCUT2D eigenvalue weighted by Gasteiger charge is -2.18. The molecule has 1 atom stereocenters. The van der Waals surface area contributed by atoms with Crippen LogP contribution in [0.15, 0.2) is 55.0 Å². The van der Waals surface area contributed by atoms with Gasteiger partial charge in [-0.1, -0.05) is 6.07 Å². The second-order valence-corrected chi connectivity index (χ2v) is 9.20. The molecule has 8 nitrogen and oxygen atoms in total. The summed E-state index contributed by atoms with van der Waals surface area (Å²) in [6.07, 6.45) is -7.27. The smallest absolute Gasteiger partial charge is 0.419 e. The minimum Gasteiger partial charge on any atom is -0.455 e. The van der Waals surface area contributed by atoms with Crippen molar-refractivity contribution in [2.24, 2.45) is 0 Å². The maximum Gasteiger partial charge on any atom is 0.419 e. The van der Waals surface area contributed by atoms with Gasteiger partial charge in [0.05, 0.1) is 41.2 Å². The van der Waals surface area contributed by atoms with Crippen molar-refractivity contribution in [3.8, 4) is 11.5 Å². The Hall–Kier alpha value is -4.20. The summed E-state index contributed by atoms with van der Waals surface area (Å²) in [4.78, 5) is 32.7. The second-order valence-electron chi connectivity index (χ2n) is 9.20. The molecule has 0 spiro atoms. The van der Waals surface area contributed by atoms with Crippen LogP contribution in [0.25, 0.3) is 0 Å². The molecule has 1 aliphatic rings. The molecule has 1 saturated carbocycles. The maximum atomic E-state index is 13.5. The normalized spacial score (nSPS) is 15.2.